The number of carbonyl (C=O) groups is 2. The zero-order valence-electron chi connectivity index (χ0n) is 9.03. The molecule has 2 nitrogen and oxygen atoms in total. The standard InChI is InChI=1S/C12H13ClO2S/c1-9(14)16-8-11-5-3-2-4-10(11)6-7-12(13)15/h2-5H,6-8H2,1H3. The van der Waals surface area contributed by atoms with Crippen LogP contribution in [0.2, 0.25) is 0 Å². The minimum atomic E-state index is -0.325. The Bertz CT molecular complexity index is 353. The smallest absolute Gasteiger partial charge is 0.221 e. The number of carbonyl (C=O) groups excluding carboxylic acids is 2. The molecule has 0 aliphatic rings. The molecule has 0 radical (unpaired) electrons. The molecule has 1 aromatic carbocycles. The third-order valence-corrected chi connectivity index (χ3v) is 3.19. The van der Waals surface area contributed by atoms with Crippen molar-refractivity contribution in [2.75, 3.05) is 0 Å². The zero-order chi connectivity index (χ0) is 12.0. The van der Waals surface area contributed by atoms with Crippen LogP contribution in [-0.4, -0.2) is 10.4 Å². The van der Waals surface area contributed by atoms with E-state index in [0.717, 1.165) is 11.1 Å². The number of hydrogen-bond acceptors (Lipinski definition) is 3. The Morgan fingerprint density at radius 2 is 1.88 bits per heavy atom. The molecule has 0 bridgehead atoms. The fourth-order valence-corrected chi connectivity index (χ4v) is 2.09. The lowest BCUT2D eigenvalue weighted by Crippen LogP contribution is -1.97. The molecule has 0 heterocycles. The van der Waals surface area contributed by atoms with Gasteiger partial charge >= 0.3 is 0 Å². The van der Waals surface area contributed by atoms with Crippen molar-refractivity contribution in [2.45, 2.75) is 25.5 Å². The monoisotopic (exact) mass is 256 g/mol. The van der Waals surface area contributed by atoms with Crippen LogP contribution in [0.25, 0.3) is 0 Å². The predicted octanol–water partition coefficient (Wildman–Crippen LogP) is 3.16. The normalized spacial score (nSPS) is 10.1. The second kappa shape index (κ2) is 6.71. The number of aryl methyl sites for hydroxylation is 1. The lowest BCUT2D eigenvalue weighted by Gasteiger charge is -2.06. The molecule has 0 saturated heterocycles. The van der Waals surface area contributed by atoms with Gasteiger partial charge < -0.3 is 0 Å². The lowest BCUT2D eigenvalue weighted by molar-refractivity contribution is -0.111. The molecule has 0 fully saturated rings. The molecule has 0 spiro atoms. The fraction of sp³-hybridized carbons (Fsp3) is 0.333. The summed E-state index contributed by atoms with van der Waals surface area (Å²) in [4.78, 5) is 21.6. The van der Waals surface area contributed by atoms with Crippen molar-refractivity contribution in [1.82, 2.24) is 0 Å². The van der Waals surface area contributed by atoms with Gasteiger partial charge in [-0.2, -0.15) is 0 Å². The van der Waals surface area contributed by atoms with E-state index in [9.17, 15) is 9.59 Å². The molecule has 0 unspecified atom stereocenters. The van der Waals surface area contributed by atoms with E-state index in [0.29, 0.717) is 18.6 Å². The largest absolute Gasteiger partial charge is 0.288 e. The van der Waals surface area contributed by atoms with Gasteiger partial charge in [-0.1, -0.05) is 36.0 Å². The first-order valence-electron chi connectivity index (χ1n) is 4.98. The number of hydrogen-bond donors (Lipinski definition) is 0. The van der Waals surface area contributed by atoms with Crippen LogP contribution in [0.3, 0.4) is 0 Å². The summed E-state index contributed by atoms with van der Waals surface area (Å²) < 4.78 is 0. The van der Waals surface area contributed by atoms with E-state index in [1.807, 2.05) is 24.3 Å². The number of benzene rings is 1. The maximum Gasteiger partial charge on any atom is 0.221 e. The van der Waals surface area contributed by atoms with Crippen molar-refractivity contribution in [2.24, 2.45) is 0 Å². The van der Waals surface area contributed by atoms with Crippen LogP contribution >= 0.6 is 23.4 Å². The first-order chi connectivity index (χ1) is 7.59. The summed E-state index contributed by atoms with van der Waals surface area (Å²) in [5, 5.41) is -0.225. The molecule has 0 saturated carbocycles. The number of rotatable bonds is 5. The second-order valence-corrected chi connectivity index (χ2v) is 4.98. The minimum absolute atomic E-state index is 0.100. The first-order valence-corrected chi connectivity index (χ1v) is 6.34. The Morgan fingerprint density at radius 3 is 2.44 bits per heavy atom. The van der Waals surface area contributed by atoms with Crippen LogP contribution in [0.1, 0.15) is 24.5 Å². The van der Waals surface area contributed by atoms with E-state index >= 15 is 0 Å². The molecule has 1 rings (SSSR count). The quantitative estimate of drug-likeness (QED) is 0.759. The minimum Gasteiger partial charge on any atom is -0.288 e. The highest BCUT2D eigenvalue weighted by Crippen LogP contribution is 2.18. The highest BCUT2D eigenvalue weighted by atomic mass is 35.5. The Kier molecular flexibility index (Phi) is 5.56. The van der Waals surface area contributed by atoms with Gasteiger partial charge in [0.15, 0.2) is 5.12 Å². The van der Waals surface area contributed by atoms with E-state index in [1.165, 1.54) is 11.8 Å². The molecule has 0 atom stereocenters. The summed E-state index contributed by atoms with van der Waals surface area (Å²) in [5.74, 6) is 0.655. The highest BCUT2D eigenvalue weighted by molar-refractivity contribution is 8.12. The van der Waals surface area contributed by atoms with E-state index in [4.69, 9.17) is 11.6 Å². The molecule has 86 valence electrons. The Balaban J connectivity index is 2.67. The van der Waals surface area contributed by atoms with Gasteiger partial charge in [0.25, 0.3) is 0 Å². The maximum atomic E-state index is 10.9. The van der Waals surface area contributed by atoms with Gasteiger partial charge in [-0.25, -0.2) is 0 Å². The molecule has 16 heavy (non-hydrogen) atoms. The Morgan fingerprint density at radius 1 is 1.25 bits per heavy atom. The van der Waals surface area contributed by atoms with Gasteiger partial charge in [0, 0.05) is 19.1 Å². The zero-order valence-corrected chi connectivity index (χ0v) is 10.6. The molecular weight excluding hydrogens is 244 g/mol. The van der Waals surface area contributed by atoms with Gasteiger partial charge in [0.05, 0.1) is 0 Å². The first kappa shape index (κ1) is 13.3. The van der Waals surface area contributed by atoms with Gasteiger partial charge in [-0.05, 0) is 29.1 Å². The summed E-state index contributed by atoms with van der Waals surface area (Å²) in [6.45, 7) is 1.55. The molecular formula is C12H13ClO2S. The number of thioether (sulfide) groups is 1. The molecule has 0 aliphatic heterocycles. The third kappa shape index (κ3) is 4.81. The summed E-state index contributed by atoms with van der Waals surface area (Å²) >= 11 is 6.59. The van der Waals surface area contributed by atoms with Crippen molar-refractivity contribution in [3.05, 3.63) is 35.4 Å². The van der Waals surface area contributed by atoms with Crippen molar-refractivity contribution >= 4 is 33.7 Å². The lowest BCUT2D eigenvalue weighted by atomic mass is 10.0. The van der Waals surface area contributed by atoms with Gasteiger partial charge in [-0.15, -0.1) is 0 Å². The molecule has 1 aromatic rings. The van der Waals surface area contributed by atoms with Crippen LogP contribution in [0, 0.1) is 0 Å². The second-order valence-electron chi connectivity index (χ2n) is 3.40. The summed E-state index contributed by atoms with van der Waals surface area (Å²) in [7, 11) is 0. The maximum absolute atomic E-state index is 10.9. The van der Waals surface area contributed by atoms with Crippen molar-refractivity contribution < 1.29 is 9.59 Å². The SMILES string of the molecule is CC(=O)SCc1ccccc1CCC(=O)Cl. The van der Waals surface area contributed by atoms with Gasteiger partial charge in [0.2, 0.25) is 5.24 Å². The van der Waals surface area contributed by atoms with Crippen molar-refractivity contribution in [3.63, 3.8) is 0 Å². The fourth-order valence-electron chi connectivity index (χ4n) is 1.35. The molecule has 0 aliphatic carbocycles. The molecule has 0 N–H and O–H groups in total. The van der Waals surface area contributed by atoms with E-state index in [-0.39, 0.29) is 10.4 Å². The van der Waals surface area contributed by atoms with Gasteiger partial charge in [-0.3, -0.25) is 9.59 Å². The van der Waals surface area contributed by atoms with Crippen molar-refractivity contribution in [1.29, 1.82) is 0 Å². The van der Waals surface area contributed by atoms with E-state index in [1.54, 1.807) is 6.92 Å². The Labute approximate surface area is 104 Å². The Hall–Kier alpha value is -0.800. The van der Waals surface area contributed by atoms with Gasteiger partial charge in [0.1, 0.15) is 0 Å². The number of halogens is 1. The third-order valence-electron chi connectivity index (χ3n) is 2.14. The summed E-state index contributed by atoms with van der Waals surface area (Å²) in [6.07, 6.45) is 0.972. The molecule has 0 amide bonds. The predicted molar refractivity (Wildman–Crippen MR) is 67.6 cm³/mol. The average molecular weight is 257 g/mol. The highest BCUT2D eigenvalue weighted by Gasteiger charge is 2.05. The summed E-state index contributed by atoms with van der Waals surface area (Å²) in [5.41, 5.74) is 2.19. The summed E-state index contributed by atoms with van der Waals surface area (Å²) in [6, 6.07) is 7.80. The average Bonchev–Trinajstić information content (AvgIpc) is 2.24. The molecule has 4 heteroatoms. The van der Waals surface area contributed by atoms with E-state index < -0.39 is 0 Å². The van der Waals surface area contributed by atoms with Crippen LogP contribution < -0.4 is 0 Å². The van der Waals surface area contributed by atoms with Crippen LogP contribution in [0.5, 0.6) is 0 Å². The van der Waals surface area contributed by atoms with Crippen LogP contribution in [0.4, 0.5) is 0 Å². The topological polar surface area (TPSA) is 34.1 Å². The molecule has 0 aromatic heterocycles. The van der Waals surface area contributed by atoms with E-state index in [2.05, 4.69) is 0 Å². The van der Waals surface area contributed by atoms with Crippen molar-refractivity contribution in [3.8, 4) is 0 Å². The van der Waals surface area contributed by atoms with Crippen LogP contribution in [-0.2, 0) is 21.8 Å². The van der Waals surface area contributed by atoms with Crippen LogP contribution in [0.15, 0.2) is 24.3 Å².